The lowest BCUT2D eigenvalue weighted by atomic mass is 10.1. The molecule has 150 valence electrons. The van der Waals surface area contributed by atoms with Crippen LogP contribution in [0.5, 0.6) is 0 Å². The molecule has 0 bridgehead atoms. The molecule has 2 aromatic heterocycles. The number of hydrogen-bond donors (Lipinski definition) is 1. The summed E-state index contributed by atoms with van der Waals surface area (Å²) < 4.78 is 0. The van der Waals surface area contributed by atoms with Crippen LogP contribution in [0.3, 0.4) is 0 Å². The number of hydrogen-bond acceptors (Lipinski definition) is 6. The van der Waals surface area contributed by atoms with Crippen LogP contribution in [0.4, 0.5) is 5.82 Å². The van der Waals surface area contributed by atoms with Crippen molar-refractivity contribution in [3.8, 4) is 10.4 Å². The third kappa shape index (κ3) is 3.84. The summed E-state index contributed by atoms with van der Waals surface area (Å²) in [5.41, 5.74) is 1.21. The van der Waals surface area contributed by atoms with E-state index < -0.39 is 0 Å². The van der Waals surface area contributed by atoms with E-state index in [0.717, 1.165) is 55.1 Å². The van der Waals surface area contributed by atoms with Crippen LogP contribution in [0.25, 0.3) is 20.7 Å². The molecule has 1 unspecified atom stereocenters. The molecule has 2 fully saturated rings. The summed E-state index contributed by atoms with van der Waals surface area (Å²) in [6.45, 7) is 5.47. The number of carbonyl (C=O) groups is 1. The Labute approximate surface area is 174 Å². The summed E-state index contributed by atoms with van der Waals surface area (Å²) >= 11 is 1.71. The standard InChI is InChI=1S/C22H25N5OS/c1-15(21(28)25-17-7-8-17)26-9-11-27(12-10-26)20-18-13-19(16-5-3-2-4-6-16)29-22(18)24-14-23-20/h2-6,13-15,17H,7-12H2,1H3,(H,25,28). The van der Waals surface area contributed by atoms with Gasteiger partial charge in [-0.25, -0.2) is 9.97 Å². The van der Waals surface area contributed by atoms with E-state index in [1.165, 1.54) is 10.4 Å². The average Bonchev–Trinajstić information content (AvgIpc) is 3.47. The molecule has 1 aromatic carbocycles. The van der Waals surface area contributed by atoms with Gasteiger partial charge in [0.1, 0.15) is 17.0 Å². The lowest BCUT2D eigenvalue weighted by Crippen LogP contribution is -2.54. The van der Waals surface area contributed by atoms with Gasteiger partial charge in [0.2, 0.25) is 5.91 Å². The maximum atomic E-state index is 12.4. The molecular weight excluding hydrogens is 382 g/mol. The van der Waals surface area contributed by atoms with E-state index in [9.17, 15) is 4.79 Å². The number of carbonyl (C=O) groups excluding carboxylic acids is 1. The normalized spacial score (nSPS) is 18.7. The first-order chi connectivity index (χ1) is 14.2. The number of benzene rings is 1. The van der Waals surface area contributed by atoms with Gasteiger partial charge < -0.3 is 10.2 Å². The second-order valence-corrected chi connectivity index (χ2v) is 8.91. The summed E-state index contributed by atoms with van der Waals surface area (Å²) in [6, 6.07) is 13.0. The third-order valence-corrected chi connectivity index (χ3v) is 6.92. The number of nitrogens with one attached hydrogen (secondary N) is 1. The van der Waals surface area contributed by atoms with Crippen LogP contribution in [-0.2, 0) is 4.79 Å². The number of rotatable bonds is 5. The minimum atomic E-state index is -0.0750. The lowest BCUT2D eigenvalue weighted by Gasteiger charge is -2.38. The van der Waals surface area contributed by atoms with E-state index >= 15 is 0 Å². The average molecular weight is 408 g/mol. The van der Waals surface area contributed by atoms with Crippen molar-refractivity contribution in [1.29, 1.82) is 0 Å². The molecule has 6 nitrogen and oxygen atoms in total. The topological polar surface area (TPSA) is 61.4 Å². The van der Waals surface area contributed by atoms with Gasteiger partial charge in [0.25, 0.3) is 0 Å². The fourth-order valence-corrected chi connectivity index (χ4v) is 4.88. The van der Waals surface area contributed by atoms with Gasteiger partial charge in [-0.3, -0.25) is 9.69 Å². The lowest BCUT2D eigenvalue weighted by molar-refractivity contribution is -0.126. The van der Waals surface area contributed by atoms with Crippen LogP contribution in [-0.4, -0.2) is 59.0 Å². The molecule has 7 heteroatoms. The fourth-order valence-electron chi connectivity index (χ4n) is 3.88. The summed E-state index contributed by atoms with van der Waals surface area (Å²) in [5, 5.41) is 4.24. The highest BCUT2D eigenvalue weighted by Crippen LogP contribution is 2.36. The van der Waals surface area contributed by atoms with E-state index in [1.54, 1.807) is 17.7 Å². The molecule has 0 spiro atoms. The van der Waals surface area contributed by atoms with E-state index in [-0.39, 0.29) is 11.9 Å². The van der Waals surface area contributed by atoms with E-state index in [2.05, 4.69) is 55.4 Å². The largest absolute Gasteiger partial charge is 0.353 e. The van der Waals surface area contributed by atoms with Crippen molar-refractivity contribution >= 4 is 33.3 Å². The van der Waals surface area contributed by atoms with Crippen molar-refractivity contribution in [3.05, 3.63) is 42.7 Å². The first-order valence-corrected chi connectivity index (χ1v) is 11.1. The first-order valence-electron chi connectivity index (χ1n) is 10.3. The molecule has 1 saturated carbocycles. The highest BCUT2D eigenvalue weighted by molar-refractivity contribution is 7.21. The minimum Gasteiger partial charge on any atom is -0.353 e. The zero-order chi connectivity index (χ0) is 19.8. The van der Waals surface area contributed by atoms with Gasteiger partial charge >= 0.3 is 0 Å². The molecule has 1 aliphatic heterocycles. The molecule has 2 aliphatic rings. The third-order valence-electron chi connectivity index (χ3n) is 5.83. The Hall–Kier alpha value is -2.51. The van der Waals surface area contributed by atoms with Gasteiger partial charge in [-0.15, -0.1) is 11.3 Å². The molecule has 1 amide bonds. The van der Waals surface area contributed by atoms with Crippen molar-refractivity contribution in [3.63, 3.8) is 0 Å². The van der Waals surface area contributed by atoms with Crippen LogP contribution in [0.2, 0.25) is 0 Å². The van der Waals surface area contributed by atoms with Crippen LogP contribution in [0.1, 0.15) is 19.8 Å². The molecule has 1 atom stereocenters. The summed E-state index contributed by atoms with van der Waals surface area (Å²) in [5.74, 6) is 1.17. The van der Waals surface area contributed by atoms with E-state index in [1.807, 2.05) is 13.0 Å². The zero-order valence-electron chi connectivity index (χ0n) is 16.5. The number of nitrogens with zero attached hydrogens (tertiary/aromatic N) is 4. The van der Waals surface area contributed by atoms with Crippen molar-refractivity contribution < 1.29 is 4.79 Å². The Kier molecular flexibility index (Phi) is 4.93. The Morgan fingerprint density at radius 1 is 1.14 bits per heavy atom. The number of fused-ring (bicyclic) bond motifs is 1. The predicted molar refractivity (Wildman–Crippen MR) is 117 cm³/mol. The highest BCUT2D eigenvalue weighted by atomic mass is 32.1. The molecule has 29 heavy (non-hydrogen) atoms. The molecule has 3 aromatic rings. The van der Waals surface area contributed by atoms with Gasteiger partial charge in [0, 0.05) is 37.1 Å². The molecule has 1 N–H and O–H groups in total. The number of amides is 1. The maximum Gasteiger partial charge on any atom is 0.237 e. The molecule has 0 radical (unpaired) electrons. The van der Waals surface area contributed by atoms with Crippen molar-refractivity contribution in [1.82, 2.24) is 20.2 Å². The second-order valence-electron chi connectivity index (χ2n) is 7.87. The van der Waals surface area contributed by atoms with Crippen LogP contribution >= 0.6 is 11.3 Å². The number of anilines is 1. The number of piperazine rings is 1. The summed E-state index contributed by atoms with van der Waals surface area (Å²) in [6.07, 6.45) is 3.92. The van der Waals surface area contributed by atoms with Crippen LogP contribution in [0.15, 0.2) is 42.7 Å². The van der Waals surface area contributed by atoms with Gasteiger partial charge in [0.05, 0.1) is 11.4 Å². The van der Waals surface area contributed by atoms with Gasteiger partial charge in [-0.2, -0.15) is 0 Å². The fraction of sp³-hybridized carbons (Fsp3) is 0.409. The smallest absolute Gasteiger partial charge is 0.237 e. The highest BCUT2D eigenvalue weighted by Gasteiger charge is 2.30. The van der Waals surface area contributed by atoms with Gasteiger partial charge in [0.15, 0.2) is 0 Å². The van der Waals surface area contributed by atoms with E-state index in [4.69, 9.17) is 0 Å². The molecule has 5 rings (SSSR count). The van der Waals surface area contributed by atoms with E-state index in [0.29, 0.717) is 6.04 Å². The van der Waals surface area contributed by atoms with Crippen LogP contribution < -0.4 is 10.2 Å². The number of aromatic nitrogens is 2. The Bertz CT molecular complexity index is 1010. The Morgan fingerprint density at radius 2 is 1.90 bits per heavy atom. The van der Waals surface area contributed by atoms with Crippen molar-refractivity contribution in [2.75, 3.05) is 31.1 Å². The molecule has 3 heterocycles. The molecule has 1 saturated heterocycles. The van der Waals surface area contributed by atoms with Crippen molar-refractivity contribution in [2.24, 2.45) is 0 Å². The van der Waals surface area contributed by atoms with Gasteiger partial charge in [-0.1, -0.05) is 30.3 Å². The van der Waals surface area contributed by atoms with Gasteiger partial charge in [-0.05, 0) is 31.4 Å². The molecule has 1 aliphatic carbocycles. The maximum absolute atomic E-state index is 12.4. The molecular formula is C22H25N5OS. The Morgan fingerprint density at radius 3 is 2.62 bits per heavy atom. The van der Waals surface area contributed by atoms with Crippen molar-refractivity contribution in [2.45, 2.75) is 31.8 Å². The monoisotopic (exact) mass is 407 g/mol. The SMILES string of the molecule is CC(C(=O)NC1CC1)N1CCN(c2ncnc3sc(-c4ccccc4)cc23)CC1. The number of thiophene rings is 1. The zero-order valence-corrected chi connectivity index (χ0v) is 17.4. The quantitative estimate of drug-likeness (QED) is 0.704. The first kappa shape index (κ1) is 18.5. The predicted octanol–water partition coefficient (Wildman–Crippen LogP) is 3.15. The Balaban J connectivity index is 1.31. The van der Waals surface area contributed by atoms with Crippen LogP contribution in [0, 0.1) is 0 Å². The second kappa shape index (κ2) is 7.72. The summed E-state index contributed by atoms with van der Waals surface area (Å²) in [4.78, 5) is 28.3. The minimum absolute atomic E-state index is 0.0750. The summed E-state index contributed by atoms with van der Waals surface area (Å²) in [7, 11) is 0.